The summed E-state index contributed by atoms with van der Waals surface area (Å²) in [5.74, 6) is 0.0771. The molecule has 0 fully saturated rings. The molecule has 0 radical (unpaired) electrons. The second kappa shape index (κ2) is 8.06. The van der Waals surface area contributed by atoms with Crippen molar-refractivity contribution in [1.82, 2.24) is 9.97 Å². The Morgan fingerprint density at radius 3 is 2.62 bits per heavy atom. The standard InChI is InChI=1S/C15H20N6O3/c1-10-4-6-11(7-5-10)18-14-12(21(22)23)13(16)19-15(20-14)17-8-3-9-24-2/h4-7H,3,8-9H2,1-2H3,(H4,16,17,18,19,20). The summed E-state index contributed by atoms with van der Waals surface area (Å²) in [6.07, 6.45) is 0.747. The highest BCUT2D eigenvalue weighted by Gasteiger charge is 2.23. The van der Waals surface area contributed by atoms with Gasteiger partial charge in [0, 0.05) is 25.9 Å². The Morgan fingerprint density at radius 2 is 2.00 bits per heavy atom. The van der Waals surface area contributed by atoms with Gasteiger partial charge in [0.1, 0.15) is 0 Å². The minimum atomic E-state index is -0.597. The van der Waals surface area contributed by atoms with Gasteiger partial charge in [-0.05, 0) is 25.5 Å². The molecule has 1 aromatic heterocycles. The molecule has 0 unspecified atom stereocenters. The van der Waals surface area contributed by atoms with Crippen LogP contribution in [-0.2, 0) is 4.74 Å². The number of nitrogens with one attached hydrogen (secondary N) is 2. The largest absolute Gasteiger partial charge is 0.385 e. The van der Waals surface area contributed by atoms with Crippen LogP contribution in [0.25, 0.3) is 0 Å². The summed E-state index contributed by atoms with van der Waals surface area (Å²) in [4.78, 5) is 18.8. The Labute approximate surface area is 139 Å². The summed E-state index contributed by atoms with van der Waals surface area (Å²) < 4.78 is 4.96. The first-order valence-electron chi connectivity index (χ1n) is 7.39. The first-order chi connectivity index (χ1) is 11.5. The molecular weight excluding hydrogens is 312 g/mol. The summed E-state index contributed by atoms with van der Waals surface area (Å²) in [5, 5.41) is 17.2. The fraction of sp³-hybridized carbons (Fsp3) is 0.333. The van der Waals surface area contributed by atoms with E-state index in [9.17, 15) is 10.1 Å². The number of nitrogen functional groups attached to an aromatic ring is 1. The zero-order chi connectivity index (χ0) is 17.5. The van der Waals surface area contributed by atoms with E-state index in [0.29, 0.717) is 18.8 Å². The number of benzene rings is 1. The first kappa shape index (κ1) is 17.4. The van der Waals surface area contributed by atoms with Crippen molar-refractivity contribution < 1.29 is 9.66 Å². The third-order valence-electron chi connectivity index (χ3n) is 3.22. The highest BCUT2D eigenvalue weighted by molar-refractivity contribution is 5.74. The molecule has 4 N–H and O–H groups in total. The van der Waals surface area contributed by atoms with Gasteiger partial charge in [0.15, 0.2) is 0 Å². The van der Waals surface area contributed by atoms with E-state index in [1.54, 1.807) is 7.11 Å². The monoisotopic (exact) mass is 332 g/mol. The number of hydrogen-bond acceptors (Lipinski definition) is 8. The van der Waals surface area contributed by atoms with E-state index >= 15 is 0 Å². The van der Waals surface area contributed by atoms with Gasteiger partial charge in [0.2, 0.25) is 17.6 Å². The second-order valence-electron chi connectivity index (χ2n) is 5.15. The van der Waals surface area contributed by atoms with E-state index < -0.39 is 4.92 Å². The molecule has 2 rings (SSSR count). The fourth-order valence-electron chi connectivity index (χ4n) is 2.01. The number of nitrogens with two attached hydrogens (primary N) is 1. The predicted molar refractivity (Wildman–Crippen MR) is 92.5 cm³/mol. The average molecular weight is 332 g/mol. The second-order valence-corrected chi connectivity index (χ2v) is 5.15. The molecule has 2 aromatic rings. The van der Waals surface area contributed by atoms with Gasteiger partial charge in [0.25, 0.3) is 0 Å². The highest BCUT2D eigenvalue weighted by atomic mass is 16.6. The van der Waals surface area contributed by atoms with Gasteiger partial charge in [0.05, 0.1) is 4.92 Å². The van der Waals surface area contributed by atoms with E-state index in [-0.39, 0.29) is 23.3 Å². The number of anilines is 4. The SMILES string of the molecule is COCCCNc1nc(N)c([N+](=O)[O-])c(Nc2ccc(C)cc2)n1. The minimum Gasteiger partial charge on any atom is -0.385 e. The smallest absolute Gasteiger partial charge is 0.353 e. The quantitative estimate of drug-likeness (QED) is 0.382. The van der Waals surface area contributed by atoms with Crippen LogP contribution in [-0.4, -0.2) is 35.2 Å². The van der Waals surface area contributed by atoms with Gasteiger partial charge in [-0.1, -0.05) is 17.7 Å². The van der Waals surface area contributed by atoms with Crippen molar-refractivity contribution in [2.24, 2.45) is 0 Å². The zero-order valence-corrected chi connectivity index (χ0v) is 13.6. The summed E-state index contributed by atoms with van der Waals surface area (Å²) in [5.41, 5.74) is 7.14. The third kappa shape index (κ3) is 4.53. The Balaban J connectivity index is 2.26. The number of nitrogens with zero attached hydrogens (tertiary/aromatic N) is 3. The van der Waals surface area contributed by atoms with Crippen LogP contribution in [0.4, 0.5) is 29.0 Å². The van der Waals surface area contributed by atoms with Crippen molar-refractivity contribution in [1.29, 1.82) is 0 Å². The van der Waals surface area contributed by atoms with Crippen molar-refractivity contribution in [3.8, 4) is 0 Å². The van der Waals surface area contributed by atoms with Crippen LogP contribution in [0.3, 0.4) is 0 Å². The van der Waals surface area contributed by atoms with E-state index in [0.717, 1.165) is 12.0 Å². The average Bonchev–Trinajstić information content (AvgIpc) is 2.53. The van der Waals surface area contributed by atoms with Gasteiger partial charge in [-0.15, -0.1) is 0 Å². The van der Waals surface area contributed by atoms with Crippen LogP contribution in [0, 0.1) is 17.0 Å². The van der Waals surface area contributed by atoms with Crippen LogP contribution in [0.15, 0.2) is 24.3 Å². The molecule has 0 atom stereocenters. The molecule has 0 bridgehead atoms. The number of methoxy groups -OCH3 is 1. The van der Waals surface area contributed by atoms with Gasteiger partial charge in [-0.2, -0.15) is 9.97 Å². The summed E-state index contributed by atoms with van der Waals surface area (Å²) in [7, 11) is 1.62. The Morgan fingerprint density at radius 1 is 1.29 bits per heavy atom. The molecule has 9 heteroatoms. The van der Waals surface area contributed by atoms with Crippen molar-refractivity contribution >= 4 is 29.0 Å². The van der Waals surface area contributed by atoms with Crippen LogP contribution < -0.4 is 16.4 Å². The molecule has 0 aliphatic carbocycles. The maximum Gasteiger partial charge on any atom is 0.353 e. The Bertz CT molecular complexity index is 705. The number of hydrogen-bond donors (Lipinski definition) is 3. The topological polar surface area (TPSA) is 128 Å². The Kier molecular flexibility index (Phi) is 5.85. The maximum atomic E-state index is 11.3. The van der Waals surface area contributed by atoms with E-state index in [4.69, 9.17) is 10.5 Å². The fourth-order valence-corrected chi connectivity index (χ4v) is 2.01. The van der Waals surface area contributed by atoms with E-state index in [1.165, 1.54) is 0 Å². The van der Waals surface area contributed by atoms with Crippen LogP contribution in [0.2, 0.25) is 0 Å². The van der Waals surface area contributed by atoms with Gasteiger partial charge < -0.3 is 21.1 Å². The van der Waals surface area contributed by atoms with Crippen molar-refractivity contribution in [2.45, 2.75) is 13.3 Å². The number of aryl methyl sites for hydroxylation is 1. The molecule has 1 aromatic carbocycles. The van der Waals surface area contributed by atoms with Gasteiger partial charge in [-0.3, -0.25) is 10.1 Å². The number of ether oxygens (including phenoxy) is 1. The lowest BCUT2D eigenvalue weighted by atomic mass is 10.2. The van der Waals surface area contributed by atoms with Gasteiger partial charge in [-0.25, -0.2) is 0 Å². The third-order valence-corrected chi connectivity index (χ3v) is 3.22. The van der Waals surface area contributed by atoms with Crippen LogP contribution in [0.5, 0.6) is 0 Å². The number of rotatable bonds is 8. The normalized spacial score (nSPS) is 10.4. The molecule has 0 saturated carbocycles. The lowest BCUT2D eigenvalue weighted by Gasteiger charge is -2.10. The first-order valence-corrected chi connectivity index (χ1v) is 7.39. The molecule has 9 nitrogen and oxygen atoms in total. The summed E-state index contributed by atoms with van der Waals surface area (Å²) in [6, 6.07) is 7.40. The molecule has 24 heavy (non-hydrogen) atoms. The zero-order valence-electron chi connectivity index (χ0n) is 13.6. The van der Waals surface area contributed by atoms with Crippen molar-refractivity contribution in [3.05, 3.63) is 39.9 Å². The molecule has 0 spiro atoms. The summed E-state index contributed by atoms with van der Waals surface area (Å²) in [6.45, 7) is 3.11. The molecule has 1 heterocycles. The molecular formula is C15H20N6O3. The lowest BCUT2D eigenvalue weighted by Crippen LogP contribution is -2.12. The molecule has 0 aliphatic rings. The van der Waals surface area contributed by atoms with E-state index in [1.807, 2.05) is 31.2 Å². The molecule has 0 aliphatic heterocycles. The maximum absolute atomic E-state index is 11.3. The van der Waals surface area contributed by atoms with Gasteiger partial charge >= 0.3 is 5.69 Å². The predicted octanol–water partition coefficient (Wildman–Crippen LogP) is 2.47. The molecule has 128 valence electrons. The minimum absolute atomic E-state index is 0.0468. The van der Waals surface area contributed by atoms with Crippen molar-refractivity contribution in [2.75, 3.05) is 36.6 Å². The highest BCUT2D eigenvalue weighted by Crippen LogP contribution is 2.31. The van der Waals surface area contributed by atoms with Crippen LogP contribution in [0.1, 0.15) is 12.0 Å². The van der Waals surface area contributed by atoms with Crippen molar-refractivity contribution in [3.63, 3.8) is 0 Å². The van der Waals surface area contributed by atoms with Crippen LogP contribution >= 0.6 is 0 Å². The lowest BCUT2D eigenvalue weighted by molar-refractivity contribution is -0.383. The molecule has 0 amide bonds. The number of nitro groups is 1. The number of aromatic nitrogens is 2. The Hall–Kier alpha value is -2.94. The van der Waals surface area contributed by atoms with E-state index in [2.05, 4.69) is 20.6 Å². The summed E-state index contributed by atoms with van der Waals surface area (Å²) >= 11 is 0. The molecule has 0 saturated heterocycles.